The second kappa shape index (κ2) is 8.18. The van der Waals surface area contributed by atoms with Crippen molar-refractivity contribution in [3.8, 4) is 0 Å². The molecule has 1 aromatic carbocycles. The van der Waals surface area contributed by atoms with Crippen molar-refractivity contribution in [3.63, 3.8) is 0 Å². The molecule has 0 aliphatic rings. The first-order valence-corrected chi connectivity index (χ1v) is 5.34. The first-order valence-electron chi connectivity index (χ1n) is 4.96. The van der Waals surface area contributed by atoms with Gasteiger partial charge in [-0.25, -0.2) is 0 Å². The molecule has 0 unspecified atom stereocenters. The monoisotopic (exact) mass is 226 g/mol. The van der Waals surface area contributed by atoms with Crippen LogP contribution in [0.1, 0.15) is 37.0 Å². The van der Waals surface area contributed by atoms with E-state index in [0.717, 1.165) is 6.29 Å². The van der Waals surface area contributed by atoms with E-state index in [1.165, 1.54) is 0 Å². The van der Waals surface area contributed by atoms with Crippen LogP contribution in [-0.2, 0) is 4.79 Å². The third kappa shape index (κ3) is 5.33. The molecule has 0 saturated heterocycles. The maximum Gasteiger partial charge on any atom is 0.163 e. The Morgan fingerprint density at radius 3 is 2.27 bits per heavy atom. The summed E-state index contributed by atoms with van der Waals surface area (Å²) < 4.78 is 0. The normalized spacial score (nSPS) is 8.73. The van der Waals surface area contributed by atoms with E-state index in [4.69, 9.17) is 11.6 Å². The zero-order chi connectivity index (χ0) is 11.7. The van der Waals surface area contributed by atoms with Crippen LogP contribution in [0.25, 0.3) is 0 Å². The Morgan fingerprint density at radius 1 is 1.27 bits per heavy atom. The van der Waals surface area contributed by atoms with Crippen LogP contribution in [0.4, 0.5) is 0 Å². The van der Waals surface area contributed by atoms with Gasteiger partial charge in [-0.1, -0.05) is 25.4 Å². The molecule has 1 rings (SSSR count). The molecule has 0 atom stereocenters. The Balaban J connectivity index is 0.000000921. The summed E-state index contributed by atoms with van der Waals surface area (Å²) in [4.78, 5) is 21.3. The second-order valence-electron chi connectivity index (χ2n) is 2.64. The van der Waals surface area contributed by atoms with Crippen LogP contribution >= 0.6 is 11.6 Å². The van der Waals surface area contributed by atoms with Crippen molar-refractivity contribution in [2.24, 2.45) is 0 Å². The number of hydrogen-bond acceptors (Lipinski definition) is 2. The van der Waals surface area contributed by atoms with Gasteiger partial charge in [0.25, 0.3) is 0 Å². The Hall–Kier alpha value is -1.15. The number of aldehydes is 1. The molecule has 0 bridgehead atoms. The summed E-state index contributed by atoms with van der Waals surface area (Å²) in [6.45, 7) is 4.00. The van der Waals surface area contributed by atoms with E-state index in [1.54, 1.807) is 24.3 Å². The van der Waals surface area contributed by atoms with Crippen molar-refractivity contribution in [2.75, 3.05) is 0 Å². The lowest BCUT2D eigenvalue weighted by Gasteiger charge is -1.97. The van der Waals surface area contributed by atoms with Crippen LogP contribution in [0.5, 0.6) is 0 Å². The molecule has 0 heterocycles. The molecule has 0 radical (unpaired) electrons. The highest BCUT2D eigenvalue weighted by atomic mass is 35.5. The largest absolute Gasteiger partial charge is 0.303 e. The highest BCUT2D eigenvalue weighted by molar-refractivity contribution is 6.30. The minimum Gasteiger partial charge on any atom is -0.303 e. The number of ketones is 1. The topological polar surface area (TPSA) is 34.1 Å². The average molecular weight is 227 g/mol. The van der Waals surface area contributed by atoms with Crippen LogP contribution in [-0.4, -0.2) is 12.1 Å². The lowest BCUT2D eigenvalue weighted by atomic mass is 10.1. The fourth-order valence-corrected chi connectivity index (χ4v) is 1.10. The number of carbonyl (C=O) groups excluding carboxylic acids is 2. The van der Waals surface area contributed by atoms with Crippen LogP contribution in [0, 0.1) is 0 Å². The predicted octanol–water partition coefficient (Wildman–Crippen LogP) is 3.53. The number of benzene rings is 1. The van der Waals surface area contributed by atoms with Crippen molar-refractivity contribution >= 4 is 23.7 Å². The summed E-state index contributed by atoms with van der Waals surface area (Å²) in [5.41, 5.74) is 0.603. The van der Waals surface area contributed by atoms with E-state index in [0.29, 0.717) is 10.6 Å². The fourth-order valence-electron chi connectivity index (χ4n) is 0.970. The van der Waals surface area contributed by atoms with Gasteiger partial charge in [0.15, 0.2) is 5.78 Å². The maximum atomic E-state index is 11.3. The molecule has 0 amide bonds. The molecule has 0 aliphatic carbocycles. The summed E-state index contributed by atoms with van der Waals surface area (Å²) in [5.74, 6) is -0.0243. The Bertz CT molecular complexity index is 304. The zero-order valence-corrected chi connectivity index (χ0v) is 9.75. The van der Waals surface area contributed by atoms with Gasteiger partial charge in [-0.15, -0.1) is 0 Å². The van der Waals surface area contributed by atoms with Gasteiger partial charge in [0.2, 0.25) is 0 Å². The molecule has 2 nitrogen and oxygen atoms in total. The van der Waals surface area contributed by atoms with Gasteiger partial charge in [-0.3, -0.25) is 4.79 Å². The first kappa shape index (κ1) is 13.8. The van der Waals surface area contributed by atoms with Gasteiger partial charge >= 0.3 is 0 Å². The Morgan fingerprint density at radius 2 is 1.80 bits per heavy atom. The van der Waals surface area contributed by atoms with Gasteiger partial charge in [0.1, 0.15) is 6.29 Å². The van der Waals surface area contributed by atoms with Crippen molar-refractivity contribution in [1.82, 2.24) is 0 Å². The lowest BCUT2D eigenvalue weighted by Crippen LogP contribution is -1.98. The number of halogens is 1. The molecule has 0 aliphatic heterocycles. The Labute approximate surface area is 95.3 Å². The summed E-state index contributed by atoms with van der Waals surface area (Å²) in [6.07, 6.45) is 1.29. The summed E-state index contributed by atoms with van der Waals surface area (Å²) in [5, 5.41) is 0.604. The third-order valence-corrected chi connectivity index (χ3v) is 1.91. The van der Waals surface area contributed by atoms with E-state index in [-0.39, 0.29) is 18.6 Å². The van der Waals surface area contributed by atoms with Crippen molar-refractivity contribution in [3.05, 3.63) is 34.9 Å². The van der Waals surface area contributed by atoms with Crippen molar-refractivity contribution < 1.29 is 9.59 Å². The van der Waals surface area contributed by atoms with E-state index < -0.39 is 0 Å². The van der Waals surface area contributed by atoms with Gasteiger partial charge in [-0.2, -0.15) is 0 Å². The van der Waals surface area contributed by atoms with Crippen LogP contribution < -0.4 is 0 Å². The number of rotatable bonds is 4. The average Bonchev–Trinajstić information content (AvgIpc) is 2.29. The van der Waals surface area contributed by atoms with Crippen molar-refractivity contribution in [2.45, 2.75) is 26.7 Å². The van der Waals surface area contributed by atoms with E-state index in [9.17, 15) is 9.59 Å². The second-order valence-corrected chi connectivity index (χ2v) is 3.07. The highest BCUT2D eigenvalue weighted by Gasteiger charge is 2.03. The molecule has 15 heavy (non-hydrogen) atoms. The van der Waals surface area contributed by atoms with Gasteiger partial charge in [0.05, 0.1) is 0 Å². The molecule has 82 valence electrons. The number of Topliss-reactive ketones (excluding diaryl/α,β-unsaturated/α-hetero) is 1. The van der Waals surface area contributed by atoms with Crippen LogP contribution in [0.3, 0.4) is 0 Å². The standard InChI is InChI=1S/C10H9ClO2.C2H6/c11-9-5-3-8(4-6-9)10(13)2-1-7-12;1-2/h3-7H,1-2H2;1-2H3. The van der Waals surface area contributed by atoms with E-state index in [1.807, 2.05) is 13.8 Å². The summed E-state index contributed by atoms with van der Waals surface area (Å²) in [7, 11) is 0. The molecule has 0 aromatic heterocycles. The Kier molecular flexibility index (Phi) is 7.56. The molecule has 0 spiro atoms. The molecule has 0 saturated carbocycles. The van der Waals surface area contributed by atoms with Crippen molar-refractivity contribution in [1.29, 1.82) is 0 Å². The van der Waals surface area contributed by atoms with Gasteiger partial charge in [-0.05, 0) is 24.3 Å². The zero-order valence-electron chi connectivity index (χ0n) is 9.00. The van der Waals surface area contributed by atoms with Gasteiger partial charge in [0, 0.05) is 23.4 Å². The highest BCUT2D eigenvalue weighted by Crippen LogP contribution is 2.11. The molecule has 0 N–H and O–H groups in total. The molecular formula is C12H15ClO2. The molecular weight excluding hydrogens is 212 g/mol. The first-order chi connectivity index (χ1) is 7.24. The third-order valence-electron chi connectivity index (χ3n) is 1.66. The van der Waals surface area contributed by atoms with Gasteiger partial charge < -0.3 is 4.79 Å². The molecule has 1 aromatic rings. The number of carbonyl (C=O) groups is 2. The minimum atomic E-state index is -0.0243. The quantitative estimate of drug-likeness (QED) is 0.582. The fraction of sp³-hybridized carbons (Fsp3) is 0.333. The molecule has 0 fully saturated rings. The van der Waals surface area contributed by atoms with Crippen LogP contribution in [0.15, 0.2) is 24.3 Å². The minimum absolute atomic E-state index is 0.0243. The predicted molar refractivity (Wildman–Crippen MR) is 62.4 cm³/mol. The van der Waals surface area contributed by atoms with E-state index >= 15 is 0 Å². The summed E-state index contributed by atoms with van der Waals surface area (Å²) in [6, 6.07) is 6.65. The maximum absolute atomic E-state index is 11.3. The number of hydrogen-bond donors (Lipinski definition) is 0. The lowest BCUT2D eigenvalue weighted by molar-refractivity contribution is -0.107. The van der Waals surface area contributed by atoms with Crippen LogP contribution in [0.2, 0.25) is 5.02 Å². The van der Waals surface area contributed by atoms with E-state index in [2.05, 4.69) is 0 Å². The SMILES string of the molecule is CC.O=CCCC(=O)c1ccc(Cl)cc1. The smallest absolute Gasteiger partial charge is 0.163 e. The summed E-state index contributed by atoms with van der Waals surface area (Å²) >= 11 is 5.65. The molecule has 3 heteroatoms.